The first-order valence-electron chi connectivity index (χ1n) is 5.68. The molecular formula is C14H12Cl2FNO. The van der Waals surface area contributed by atoms with Crippen molar-refractivity contribution in [2.45, 2.75) is 13.1 Å². The smallest absolute Gasteiger partial charge is 0.124 e. The molecular weight excluding hydrogens is 288 g/mol. The molecule has 100 valence electrons. The third-order valence-corrected chi connectivity index (χ3v) is 3.27. The van der Waals surface area contributed by atoms with E-state index in [1.807, 2.05) is 0 Å². The van der Waals surface area contributed by atoms with Gasteiger partial charge in [0.15, 0.2) is 0 Å². The molecule has 0 aliphatic heterocycles. The summed E-state index contributed by atoms with van der Waals surface area (Å²) < 4.78 is 12.9. The summed E-state index contributed by atoms with van der Waals surface area (Å²) in [5.41, 5.74) is 1.50. The van der Waals surface area contributed by atoms with E-state index in [4.69, 9.17) is 23.2 Å². The largest absolute Gasteiger partial charge is 0.508 e. The van der Waals surface area contributed by atoms with Crippen molar-refractivity contribution in [1.82, 2.24) is 5.32 Å². The van der Waals surface area contributed by atoms with Crippen LogP contribution < -0.4 is 5.32 Å². The minimum atomic E-state index is -0.360. The number of aromatic hydroxyl groups is 1. The van der Waals surface area contributed by atoms with E-state index in [-0.39, 0.29) is 11.6 Å². The number of hydrogen-bond acceptors (Lipinski definition) is 2. The molecule has 0 heterocycles. The molecule has 0 radical (unpaired) electrons. The molecule has 0 saturated carbocycles. The maximum Gasteiger partial charge on any atom is 0.124 e. The molecule has 0 saturated heterocycles. The molecule has 0 aromatic heterocycles. The third kappa shape index (κ3) is 3.83. The molecule has 0 aliphatic carbocycles. The lowest BCUT2D eigenvalue weighted by Crippen LogP contribution is -2.13. The zero-order chi connectivity index (χ0) is 13.8. The van der Waals surface area contributed by atoms with Gasteiger partial charge in [0.05, 0.1) is 0 Å². The van der Waals surface area contributed by atoms with Crippen molar-refractivity contribution in [3.05, 3.63) is 63.4 Å². The Morgan fingerprint density at radius 3 is 2.47 bits per heavy atom. The van der Waals surface area contributed by atoms with Crippen LogP contribution in [-0.4, -0.2) is 5.11 Å². The van der Waals surface area contributed by atoms with Crippen LogP contribution >= 0.6 is 23.2 Å². The Morgan fingerprint density at radius 1 is 1.00 bits per heavy atom. The highest BCUT2D eigenvalue weighted by atomic mass is 35.5. The molecule has 0 spiro atoms. The lowest BCUT2D eigenvalue weighted by Gasteiger charge is -2.08. The Balaban J connectivity index is 1.98. The summed E-state index contributed by atoms with van der Waals surface area (Å²) in [6, 6.07) is 9.12. The van der Waals surface area contributed by atoms with Crippen molar-refractivity contribution in [2.24, 2.45) is 0 Å². The number of rotatable bonds is 4. The maximum absolute atomic E-state index is 12.9. The normalized spacial score (nSPS) is 10.7. The number of benzene rings is 2. The first-order chi connectivity index (χ1) is 9.06. The number of halogens is 3. The van der Waals surface area contributed by atoms with Gasteiger partial charge in [-0.3, -0.25) is 0 Å². The molecule has 2 nitrogen and oxygen atoms in total. The average Bonchev–Trinajstić information content (AvgIpc) is 2.36. The maximum atomic E-state index is 12.9. The summed E-state index contributed by atoms with van der Waals surface area (Å²) in [7, 11) is 0. The van der Waals surface area contributed by atoms with Gasteiger partial charge in [0.25, 0.3) is 0 Å². The zero-order valence-corrected chi connectivity index (χ0v) is 11.5. The van der Waals surface area contributed by atoms with Crippen molar-refractivity contribution in [3.63, 3.8) is 0 Å². The lowest BCUT2D eigenvalue weighted by molar-refractivity contribution is 0.464. The number of phenolic OH excluding ortho intramolecular Hbond substituents is 1. The first-order valence-corrected chi connectivity index (χ1v) is 6.44. The Morgan fingerprint density at radius 2 is 1.74 bits per heavy atom. The number of phenols is 1. The second kappa shape index (κ2) is 6.24. The molecule has 0 fully saturated rings. The Labute approximate surface area is 120 Å². The Hall–Kier alpha value is -1.29. The predicted octanol–water partition coefficient (Wildman–Crippen LogP) is 4.13. The molecule has 2 N–H and O–H groups in total. The van der Waals surface area contributed by atoms with Crippen molar-refractivity contribution >= 4 is 23.2 Å². The van der Waals surface area contributed by atoms with Crippen molar-refractivity contribution < 1.29 is 9.50 Å². The second-order valence-corrected chi connectivity index (χ2v) is 4.96. The van der Waals surface area contributed by atoms with E-state index in [1.165, 1.54) is 12.1 Å². The summed E-state index contributed by atoms with van der Waals surface area (Å²) in [4.78, 5) is 0. The van der Waals surface area contributed by atoms with Gasteiger partial charge in [-0.2, -0.15) is 0 Å². The second-order valence-electron chi connectivity index (χ2n) is 4.11. The molecule has 0 unspecified atom stereocenters. The summed E-state index contributed by atoms with van der Waals surface area (Å²) in [5.74, 6) is -0.177. The van der Waals surface area contributed by atoms with Crippen LogP contribution in [0.25, 0.3) is 0 Å². The van der Waals surface area contributed by atoms with E-state index in [9.17, 15) is 9.50 Å². The van der Waals surface area contributed by atoms with Crippen LogP contribution in [0.15, 0.2) is 36.4 Å². The van der Waals surface area contributed by atoms with Crippen molar-refractivity contribution in [3.8, 4) is 5.75 Å². The van der Waals surface area contributed by atoms with Gasteiger partial charge in [-0.15, -0.1) is 0 Å². The predicted molar refractivity (Wildman–Crippen MR) is 75.1 cm³/mol. The van der Waals surface area contributed by atoms with E-state index in [2.05, 4.69) is 5.32 Å². The topological polar surface area (TPSA) is 32.3 Å². The molecule has 0 bridgehead atoms. The Bertz CT molecular complexity index is 590. The quantitative estimate of drug-likeness (QED) is 0.890. The molecule has 0 aliphatic rings. The fourth-order valence-electron chi connectivity index (χ4n) is 1.69. The van der Waals surface area contributed by atoms with Gasteiger partial charge >= 0.3 is 0 Å². The van der Waals surface area contributed by atoms with Gasteiger partial charge in [0.1, 0.15) is 11.6 Å². The van der Waals surface area contributed by atoms with Crippen LogP contribution in [0.2, 0.25) is 10.0 Å². The van der Waals surface area contributed by atoms with E-state index < -0.39 is 0 Å². The minimum Gasteiger partial charge on any atom is -0.508 e. The summed E-state index contributed by atoms with van der Waals surface area (Å²) >= 11 is 11.8. The standard InChI is InChI=1S/C14H12Cl2FNO/c15-11-2-4-14(19)10(5-11)8-18-7-9-1-3-12(17)6-13(9)16/h1-6,18-19H,7-8H2. The van der Waals surface area contributed by atoms with E-state index >= 15 is 0 Å². The monoisotopic (exact) mass is 299 g/mol. The molecule has 0 atom stereocenters. The van der Waals surface area contributed by atoms with E-state index in [0.717, 1.165) is 5.56 Å². The van der Waals surface area contributed by atoms with Crippen LogP contribution in [0, 0.1) is 5.82 Å². The van der Waals surface area contributed by atoms with Crippen LogP contribution in [0.4, 0.5) is 4.39 Å². The SMILES string of the molecule is Oc1ccc(Cl)cc1CNCc1ccc(F)cc1Cl. The van der Waals surface area contributed by atoms with Crippen molar-refractivity contribution in [1.29, 1.82) is 0 Å². The first kappa shape index (κ1) is 14.1. The van der Waals surface area contributed by atoms with Crippen LogP contribution in [-0.2, 0) is 13.1 Å². The van der Waals surface area contributed by atoms with Gasteiger partial charge < -0.3 is 10.4 Å². The van der Waals surface area contributed by atoms with E-state index in [1.54, 1.807) is 24.3 Å². The highest BCUT2D eigenvalue weighted by Crippen LogP contribution is 2.22. The minimum absolute atomic E-state index is 0.183. The molecule has 2 rings (SSSR count). The van der Waals surface area contributed by atoms with Crippen LogP contribution in [0.5, 0.6) is 5.75 Å². The molecule has 2 aromatic carbocycles. The highest BCUT2D eigenvalue weighted by Gasteiger charge is 2.04. The summed E-state index contributed by atoms with van der Waals surface area (Å²) in [6.07, 6.45) is 0. The molecule has 19 heavy (non-hydrogen) atoms. The van der Waals surface area contributed by atoms with E-state index in [0.29, 0.717) is 28.7 Å². The van der Waals surface area contributed by atoms with Crippen molar-refractivity contribution in [2.75, 3.05) is 0 Å². The summed E-state index contributed by atoms with van der Waals surface area (Å²) in [5, 5.41) is 13.7. The molecule has 5 heteroatoms. The van der Waals surface area contributed by atoms with Gasteiger partial charge in [-0.1, -0.05) is 29.3 Å². The highest BCUT2D eigenvalue weighted by molar-refractivity contribution is 6.31. The fraction of sp³-hybridized carbons (Fsp3) is 0.143. The summed E-state index contributed by atoms with van der Waals surface area (Å²) in [6.45, 7) is 0.922. The Kier molecular flexibility index (Phi) is 4.64. The lowest BCUT2D eigenvalue weighted by atomic mass is 10.2. The molecule has 0 amide bonds. The van der Waals surface area contributed by atoms with Crippen LogP contribution in [0.3, 0.4) is 0 Å². The molecule has 2 aromatic rings. The van der Waals surface area contributed by atoms with Gasteiger partial charge in [-0.05, 0) is 35.9 Å². The number of nitrogens with one attached hydrogen (secondary N) is 1. The van der Waals surface area contributed by atoms with Gasteiger partial charge in [0, 0.05) is 28.7 Å². The van der Waals surface area contributed by atoms with Crippen LogP contribution in [0.1, 0.15) is 11.1 Å². The van der Waals surface area contributed by atoms with Gasteiger partial charge in [-0.25, -0.2) is 4.39 Å². The average molecular weight is 300 g/mol. The zero-order valence-electron chi connectivity index (χ0n) is 9.96. The fourth-order valence-corrected chi connectivity index (χ4v) is 2.12. The van der Waals surface area contributed by atoms with Gasteiger partial charge in [0.2, 0.25) is 0 Å². The number of hydrogen-bond donors (Lipinski definition) is 2. The third-order valence-electron chi connectivity index (χ3n) is 2.69.